The van der Waals surface area contributed by atoms with Crippen LogP contribution >= 0.6 is 11.3 Å². The molecule has 1 aromatic heterocycles. The number of thiophene rings is 1. The van der Waals surface area contributed by atoms with Crippen molar-refractivity contribution in [2.24, 2.45) is 0 Å². The number of sulfone groups is 1. The molecular formula is C17H23NO4S2. The molecule has 132 valence electrons. The topological polar surface area (TPSA) is 64.6 Å². The van der Waals surface area contributed by atoms with Crippen molar-refractivity contribution in [2.45, 2.75) is 20.1 Å². The van der Waals surface area contributed by atoms with Crippen LogP contribution in [0.2, 0.25) is 0 Å². The lowest BCUT2D eigenvalue weighted by Crippen LogP contribution is -2.23. The first-order valence-electron chi connectivity index (χ1n) is 7.77. The Hall–Kier alpha value is -1.57. The highest BCUT2D eigenvalue weighted by Crippen LogP contribution is 2.29. The number of hydrogen-bond acceptors (Lipinski definition) is 6. The monoisotopic (exact) mass is 369 g/mol. The molecule has 2 aromatic rings. The van der Waals surface area contributed by atoms with Crippen molar-refractivity contribution in [1.82, 2.24) is 5.32 Å². The quantitative estimate of drug-likeness (QED) is 0.653. The van der Waals surface area contributed by atoms with E-state index in [-0.39, 0.29) is 11.5 Å². The van der Waals surface area contributed by atoms with E-state index in [2.05, 4.69) is 5.32 Å². The van der Waals surface area contributed by atoms with Crippen molar-refractivity contribution < 1.29 is 17.9 Å². The Bertz CT molecular complexity index is 727. The first-order chi connectivity index (χ1) is 11.5. The average molecular weight is 370 g/mol. The normalized spacial score (nSPS) is 11.4. The van der Waals surface area contributed by atoms with Crippen LogP contribution in [0.1, 0.15) is 17.4 Å². The predicted molar refractivity (Wildman–Crippen MR) is 97.7 cm³/mol. The molecule has 1 heterocycles. The average Bonchev–Trinajstić information content (AvgIpc) is 3.10. The van der Waals surface area contributed by atoms with Crippen LogP contribution in [0, 0.1) is 0 Å². The van der Waals surface area contributed by atoms with Crippen molar-refractivity contribution in [1.29, 1.82) is 0 Å². The molecule has 0 aliphatic heterocycles. The van der Waals surface area contributed by atoms with Crippen LogP contribution in [0.15, 0.2) is 35.7 Å². The zero-order chi connectivity index (χ0) is 17.4. The fourth-order valence-electron chi connectivity index (χ4n) is 2.09. The molecule has 0 saturated carbocycles. The Balaban J connectivity index is 1.88. The van der Waals surface area contributed by atoms with Crippen molar-refractivity contribution in [3.05, 3.63) is 46.2 Å². The molecule has 5 nitrogen and oxygen atoms in total. The van der Waals surface area contributed by atoms with E-state index in [1.54, 1.807) is 25.4 Å². The second-order valence-corrected chi connectivity index (χ2v) is 8.77. The molecule has 0 spiro atoms. The lowest BCUT2D eigenvalue weighted by Gasteiger charge is -2.12. The SMILES string of the molecule is CCS(=O)(=O)CCNCc1ccc(OCc2cccs2)c(OC)c1. The minimum atomic E-state index is -2.93. The van der Waals surface area contributed by atoms with E-state index in [1.807, 2.05) is 35.7 Å². The molecule has 0 amide bonds. The van der Waals surface area contributed by atoms with Crippen molar-refractivity contribution in [2.75, 3.05) is 25.2 Å². The Kier molecular flexibility index (Phi) is 7.08. The molecular weight excluding hydrogens is 346 g/mol. The van der Waals surface area contributed by atoms with E-state index in [0.29, 0.717) is 31.2 Å². The van der Waals surface area contributed by atoms with Crippen molar-refractivity contribution >= 4 is 21.2 Å². The van der Waals surface area contributed by atoms with Crippen molar-refractivity contribution in [3.63, 3.8) is 0 Å². The highest BCUT2D eigenvalue weighted by molar-refractivity contribution is 7.91. The molecule has 1 N–H and O–H groups in total. The van der Waals surface area contributed by atoms with Crippen LogP contribution in [-0.2, 0) is 23.0 Å². The molecule has 0 unspecified atom stereocenters. The number of benzene rings is 1. The maximum Gasteiger partial charge on any atom is 0.161 e. The second-order valence-electron chi connectivity index (χ2n) is 5.27. The van der Waals surface area contributed by atoms with E-state index >= 15 is 0 Å². The molecule has 24 heavy (non-hydrogen) atoms. The van der Waals surface area contributed by atoms with E-state index in [0.717, 1.165) is 10.4 Å². The molecule has 0 saturated heterocycles. The number of rotatable bonds is 10. The van der Waals surface area contributed by atoms with Crippen LogP contribution in [0.5, 0.6) is 11.5 Å². The number of nitrogens with one attached hydrogen (secondary N) is 1. The fraction of sp³-hybridized carbons (Fsp3) is 0.412. The van der Waals surface area contributed by atoms with Gasteiger partial charge < -0.3 is 14.8 Å². The number of methoxy groups -OCH3 is 1. The second kappa shape index (κ2) is 9.05. The van der Waals surface area contributed by atoms with Gasteiger partial charge in [0.15, 0.2) is 21.3 Å². The van der Waals surface area contributed by atoms with Crippen LogP contribution in [0.4, 0.5) is 0 Å². The van der Waals surface area contributed by atoms with Crippen LogP contribution in [-0.4, -0.2) is 33.6 Å². The molecule has 0 bridgehead atoms. The standard InChI is InChI=1S/C17H23NO4S2/c1-3-24(19,20)10-8-18-12-14-6-7-16(17(11-14)21-2)22-13-15-5-4-9-23-15/h4-7,9,11,18H,3,8,10,12-13H2,1-2H3. The Labute approximate surface area is 147 Å². The predicted octanol–water partition coefficient (Wildman–Crippen LogP) is 2.86. The number of ether oxygens (including phenoxy) is 2. The Morgan fingerprint density at radius 3 is 2.71 bits per heavy atom. The molecule has 0 aliphatic rings. The first kappa shape index (κ1) is 18.8. The van der Waals surface area contributed by atoms with Gasteiger partial charge in [0, 0.05) is 23.7 Å². The van der Waals surface area contributed by atoms with Gasteiger partial charge in [0.25, 0.3) is 0 Å². The van der Waals surface area contributed by atoms with E-state index < -0.39 is 9.84 Å². The summed E-state index contributed by atoms with van der Waals surface area (Å²) in [4.78, 5) is 1.15. The van der Waals surface area contributed by atoms with Gasteiger partial charge in [-0.2, -0.15) is 0 Å². The minimum Gasteiger partial charge on any atom is -0.493 e. The summed E-state index contributed by atoms with van der Waals surface area (Å²) in [5, 5.41) is 5.16. The summed E-state index contributed by atoms with van der Waals surface area (Å²) in [6.07, 6.45) is 0. The number of hydrogen-bond donors (Lipinski definition) is 1. The van der Waals surface area contributed by atoms with Gasteiger partial charge in [-0.15, -0.1) is 11.3 Å². The van der Waals surface area contributed by atoms with Crippen LogP contribution < -0.4 is 14.8 Å². The van der Waals surface area contributed by atoms with Gasteiger partial charge in [0.2, 0.25) is 0 Å². The molecule has 0 atom stereocenters. The zero-order valence-electron chi connectivity index (χ0n) is 13.9. The van der Waals surface area contributed by atoms with E-state index in [4.69, 9.17) is 9.47 Å². The summed E-state index contributed by atoms with van der Waals surface area (Å²) >= 11 is 1.65. The van der Waals surface area contributed by atoms with Gasteiger partial charge in [-0.1, -0.05) is 19.1 Å². The smallest absolute Gasteiger partial charge is 0.161 e. The van der Waals surface area contributed by atoms with Gasteiger partial charge in [-0.3, -0.25) is 0 Å². The summed E-state index contributed by atoms with van der Waals surface area (Å²) in [6.45, 7) is 3.20. The summed E-state index contributed by atoms with van der Waals surface area (Å²) in [5.41, 5.74) is 1.02. The summed E-state index contributed by atoms with van der Waals surface area (Å²) in [7, 11) is -1.32. The molecule has 2 rings (SSSR count). The van der Waals surface area contributed by atoms with Crippen molar-refractivity contribution in [3.8, 4) is 11.5 Å². The molecule has 0 aliphatic carbocycles. The third-order valence-corrected chi connectivity index (χ3v) is 6.09. The molecule has 0 fully saturated rings. The van der Waals surface area contributed by atoms with Gasteiger partial charge in [0.05, 0.1) is 12.9 Å². The van der Waals surface area contributed by atoms with E-state index in [9.17, 15) is 8.42 Å². The lowest BCUT2D eigenvalue weighted by atomic mass is 10.2. The van der Waals surface area contributed by atoms with Gasteiger partial charge in [-0.25, -0.2) is 8.42 Å². The maximum absolute atomic E-state index is 11.4. The fourth-order valence-corrected chi connectivity index (χ4v) is 3.45. The maximum atomic E-state index is 11.4. The van der Waals surface area contributed by atoms with Gasteiger partial charge >= 0.3 is 0 Å². The van der Waals surface area contributed by atoms with Crippen LogP contribution in [0.25, 0.3) is 0 Å². The largest absolute Gasteiger partial charge is 0.493 e. The first-order valence-corrected chi connectivity index (χ1v) is 10.5. The highest BCUT2D eigenvalue weighted by atomic mass is 32.2. The third kappa shape index (κ3) is 5.81. The lowest BCUT2D eigenvalue weighted by molar-refractivity contribution is 0.287. The third-order valence-electron chi connectivity index (χ3n) is 3.54. The summed E-state index contributed by atoms with van der Waals surface area (Å²) in [6, 6.07) is 9.76. The zero-order valence-corrected chi connectivity index (χ0v) is 15.6. The molecule has 0 radical (unpaired) electrons. The molecule has 1 aromatic carbocycles. The van der Waals surface area contributed by atoms with Gasteiger partial charge in [-0.05, 0) is 29.1 Å². The summed E-state index contributed by atoms with van der Waals surface area (Å²) < 4.78 is 34.1. The molecule has 7 heteroatoms. The highest BCUT2D eigenvalue weighted by Gasteiger charge is 2.08. The Morgan fingerprint density at radius 1 is 1.21 bits per heavy atom. The summed E-state index contributed by atoms with van der Waals surface area (Å²) in [5.74, 6) is 1.71. The minimum absolute atomic E-state index is 0.155. The van der Waals surface area contributed by atoms with E-state index in [1.165, 1.54) is 0 Å². The Morgan fingerprint density at radius 2 is 2.04 bits per heavy atom. The van der Waals surface area contributed by atoms with Gasteiger partial charge in [0.1, 0.15) is 6.61 Å². The van der Waals surface area contributed by atoms with Crippen LogP contribution in [0.3, 0.4) is 0 Å².